The number of hydrogen-bond acceptors (Lipinski definition) is 3. The summed E-state index contributed by atoms with van der Waals surface area (Å²) < 4.78 is 7.99. The smallest absolute Gasteiger partial charge is 0.274 e. The van der Waals surface area contributed by atoms with Crippen LogP contribution in [-0.2, 0) is 6.42 Å². The third-order valence-corrected chi connectivity index (χ3v) is 4.93. The highest BCUT2D eigenvalue weighted by Gasteiger charge is 2.22. The largest absolute Gasteiger partial charge is 0.454 e. The zero-order chi connectivity index (χ0) is 18.7. The Morgan fingerprint density at radius 1 is 1.12 bits per heavy atom. The van der Waals surface area contributed by atoms with Gasteiger partial charge in [0.05, 0.1) is 10.9 Å². The van der Waals surface area contributed by atoms with Crippen LogP contribution in [-0.4, -0.2) is 14.8 Å². The lowest BCUT2D eigenvalue weighted by Crippen LogP contribution is -2.08. The molecule has 0 bridgehead atoms. The van der Waals surface area contributed by atoms with Gasteiger partial charge in [-0.3, -0.25) is 19.4 Å². The van der Waals surface area contributed by atoms with Crippen LogP contribution in [0, 0.1) is 12.8 Å². The van der Waals surface area contributed by atoms with E-state index in [0.717, 1.165) is 28.5 Å². The molecule has 0 unspecified atom stereocenters. The molecule has 136 valence electrons. The van der Waals surface area contributed by atoms with Crippen molar-refractivity contribution < 1.29 is 4.42 Å². The number of aryl methyl sites for hydroxylation is 1. The minimum Gasteiger partial charge on any atom is -0.454 e. The minimum absolute atomic E-state index is 0.0453. The van der Waals surface area contributed by atoms with E-state index in [-0.39, 0.29) is 17.0 Å². The summed E-state index contributed by atoms with van der Waals surface area (Å²) in [5.74, 6) is 0.356. The van der Waals surface area contributed by atoms with Gasteiger partial charge in [-0.25, -0.2) is 0 Å². The summed E-state index contributed by atoms with van der Waals surface area (Å²) in [4.78, 5) is 28.1. The van der Waals surface area contributed by atoms with Gasteiger partial charge in [-0.2, -0.15) is 0 Å². The number of nitrogens with zero attached hydrogens (tertiary/aromatic N) is 1. The number of benzene rings is 1. The monoisotopic (exact) mass is 353 g/mol. The molecule has 0 atom stereocenters. The molecule has 0 fully saturated rings. The molecule has 2 N–H and O–H groups in total. The molecule has 26 heavy (non-hydrogen) atoms. The van der Waals surface area contributed by atoms with E-state index in [1.54, 1.807) is 19.1 Å². The molecule has 0 spiro atoms. The molecule has 4 rings (SSSR count). The van der Waals surface area contributed by atoms with Gasteiger partial charge in [0.2, 0.25) is 0 Å². The molecule has 0 saturated carbocycles. The maximum Gasteiger partial charge on any atom is 0.274 e. The van der Waals surface area contributed by atoms with Crippen molar-refractivity contribution in [1.82, 2.24) is 14.8 Å². The van der Waals surface area contributed by atoms with E-state index in [9.17, 15) is 9.59 Å². The van der Waals surface area contributed by atoms with Gasteiger partial charge < -0.3 is 9.40 Å². The minimum atomic E-state index is -0.121. The first-order valence-electron chi connectivity index (χ1n) is 9.00. The van der Waals surface area contributed by atoms with Crippen molar-refractivity contribution >= 4 is 33.1 Å². The second kappa shape index (κ2) is 5.62. The van der Waals surface area contributed by atoms with E-state index in [0.29, 0.717) is 28.0 Å². The van der Waals surface area contributed by atoms with Gasteiger partial charge in [0.15, 0.2) is 11.0 Å². The summed E-state index contributed by atoms with van der Waals surface area (Å²) in [5, 5.41) is 4.44. The van der Waals surface area contributed by atoms with Gasteiger partial charge in [0.1, 0.15) is 11.2 Å². The Bertz CT molecular complexity index is 1270. The van der Waals surface area contributed by atoms with Crippen LogP contribution in [0.25, 0.3) is 33.1 Å². The number of aromatic nitrogens is 3. The average Bonchev–Trinajstić information content (AvgIpc) is 3.10. The van der Waals surface area contributed by atoms with Gasteiger partial charge in [-0.05, 0) is 45.2 Å². The lowest BCUT2D eigenvalue weighted by atomic mass is 10.00. The Labute approximate surface area is 149 Å². The van der Waals surface area contributed by atoms with Crippen LogP contribution in [0.3, 0.4) is 0 Å². The first-order chi connectivity index (χ1) is 12.3. The highest BCUT2D eigenvalue weighted by Crippen LogP contribution is 2.34. The summed E-state index contributed by atoms with van der Waals surface area (Å²) in [5.41, 5.74) is 4.18. The van der Waals surface area contributed by atoms with Crippen molar-refractivity contribution in [3.05, 3.63) is 43.8 Å². The van der Waals surface area contributed by atoms with Crippen molar-refractivity contribution in [3.8, 4) is 0 Å². The Morgan fingerprint density at radius 2 is 1.85 bits per heavy atom. The Balaban J connectivity index is 2.27. The van der Waals surface area contributed by atoms with Gasteiger partial charge >= 0.3 is 0 Å². The first-order valence-corrected chi connectivity index (χ1v) is 9.00. The van der Waals surface area contributed by atoms with Crippen molar-refractivity contribution in [2.45, 2.75) is 47.1 Å². The van der Waals surface area contributed by atoms with E-state index in [4.69, 9.17) is 4.42 Å². The molecule has 0 aliphatic carbocycles. The lowest BCUT2D eigenvalue weighted by molar-refractivity contribution is 0.542. The Kier molecular flexibility index (Phi) is 3.61. The van der Waals surface area contributed by atoms with Crippen molar-refractivity contribution in [2.75, 3.05) is 0 Å². The molecule has 0 aliphatic rings. The average molecular weight is 353 g/mol. The Morgan fingerprint density at radius 3 is 2.50 bits per heavy atom. The molecule has 1 aromatic carbocycles. The number of furan rings is 1. The molecule has 3 aromatic heterocycles. The molecule has 6 heteroatoms. The molecule has 0 saturated heterocycles. The van der Waals surface area contributed by atoms with E-state index < -0.39 is 0 Å². The van der Waals surface area contributed by atoms with Crippen LogP contribution in [0.2, 0.25) is 0 Å². The zero-order valence-electron chi connectivity index (χ0n) is 15.7. The third kappa shape index (κ3) is 2.25. The summed E-state index contributed by atoms with van der Waals surface area (Å²) in [7, 11) is 0. The molecular weight excluding hydrogens is 330 g/mol. The maximum absolute atomic E-state index is 12.7. The zero-order valence-corrected chi connectivity index (χ0v) is 15.7. The standard InChI is InChI=1S/C20H23N3O3/c1-9(2)8-13-15-19(23(10(3)4)22-20(15)25)21-16-12-6-7-14(24)11(5)17(12)26-18(13)16/h6-7,9-10,21H,8H2,1-5H3,(H,22,25). The molecule has 3 heterocycles. The van der Waals surface area contributed by atoms with Crippen LogP contribution in [0.5, 0.6) is 0 Å². The topological polar surface area (TPSA) is 83.8 Å². The predicted molar refractivity (Wildman–Crippen MR) is 104 cm³/mol. The first kappa shape index (κ1) is 16.7. The van der Waals surface area contributed by atoms with Crippen LogP contribution < -0.4 is 11.0 Å². The van der Waals surface area contributed by atoms with Crippen molar-refractivity contribution in [2.24, 2.45) is 5.92 Å². The molecule has 0 aliphatic heterocycles. The maximum atomic E-state index is 12.7. The van der Waals surface area contributed by atoms with Crippen LogP contribution >= 0.6 is 0 Å². The number of fused-ring (bicyclic) bond motifs is 4. The number of aromatic amines is 2. The fraction of sp³-hybridized carbons (Fsp3) is 0.400. The van der Waals surface area contributed by atoms with Crippen molar-refractivity contribution in [3.63, 3.8) is 0 Å². The second-order valence-electron chi connectivity index (χ2n) is 7.70. The molecular formula is C20H23N3O3. The van der Waals surface area contributed by atoms with Gasteiger partial charge in [-0.15, -0.1) is 0 Å². The summed E-state index contributed by atoms with van der Waals surface area (Å²) in [6.07, 6.45) is 0.718. The van der Waals surface area contributed by atoms with Gasteiger partial charge in [0, 0.05) is 22.6 Å². The second-order valence-corrected chi connectivity index (χ2v) is 7.70. The van der Waals surface area contributed by atoms with Gasteiger partial charge in [-0.1, -0.05) is 13.8 Å². The number of nitrogens with one attached hydrogen (secondary N) is 2. The molecule has 4 aromatic rings. The van der Waals surface area contributed by atoms with Crippen LogP contribution in [0.15, 0.2) is 26.1 Å². The van der Waals surface area contributed by atoms with E-state index in [2.05, 4.69) is 23.9 Å². The SMILES string of the molecule is Cc1c(=O)ccc2c1oc1c(CC(C)C)c3c(=O)[nH]n(C(C)C)c3[nH]c12. The normalized spacial score (nSPS) is 12.4. The number of H-pyrrole nitrogens is 2. The quantitative estimate of drug-likeness (QED) is 0.584. The predicted octanol–water partition coefficient (Wildman–Crippen LogP) is 4.01. The third-order valence-electron chi connectivity index (χ3n) is 4.93. The van der Waals surface area contributed by atoms with E-state index in [1.807, 2.05) is 18.5 Å². The van der Waals surface area contributed by atoms with Crippen LogP contribution in [0.4, 0.5) is 0 Å². The van der Waals surface area contributed by atoms with Crippen molar-refractivity contribution in [1.29, 1.82) is 0 Å². The molecule has 6 nitrogen and oxygen atoms in total. The number of hydrogen-bond donors (Lipinski definition) is 2. The van der Waals surface area contributed by atoms with E-state index in [1.165, 1.54) is 0 Å². The van der Waals surface area contributed by atoms with E-state index >= 15 is 0 Å². The summed E-state index contributed by atoms with van der Waals surface area (Å²) in [6, 6.07) is 3.47. The number of pyridine rings is 1. The fourth-order valence-corrected chi connectivity index (χ4v) is 3.69. The number of rotatable bonds is 3. The Hall–Kier alpha value is -2.76. The molecule has 0 radical (unpaired) electrons. The fourth-order valence-electron chi connectivity index (χ4n) is 3.69. The highest BCUT2D eigenvalue weighted by atomic mass is 16.3. The van der Waals surface area contributed by atoms with Crippen LogP contribution in [0.1, 0.15) is 44.9 Å². The summed E-state index contributed by atoms with van der Waals surface area (Å²) >= 11 is 0. The summed E-state index contributed by atoms with van der Waals surface area (Å²) in [6.45, 7) is 10.1. The molecule has 0 amide bonds. The lowest BCUT2D eigenvalue weighted by Gasteiger charge is -2.11. The van der Waals surface area contributed by atoms with Gasteiger partial charge in [0.25, 0.3) is 5.56 Å². The highest BCUT2D eigenvalue weighted by molar-refractivity contribution is 6.08.